The predicted octanol–water partition coefficient (Wildman–Crippen LogP) is 1.48. The van der Waals surface area contributed by atoms with Gasteiger partial charge in [0, 0.05) is 0 Å². The molecule has 0 heterocycles. The Morgan fingerprint density at radius 1 is 1.65 bits per heavy atom. The molecule has 0 unspecified atom stereocenters. The van der Waals surface area contributed by atoms with Gasteiger partial charge in [-0.15, -0.1) is 11.6 Å². The van der Waals surface area contributed by atoms with Crippen LogP contribution in [0, 0.1) is 0 Å². The number of nitrogens with one attached hydrogen (secondary N) is 1. The first kappa shape index (κ1) is 13.3. The van der Waals surface area contributed by atoms with E-state index in [0.29, 0.717) is 17.9 Å². The van der Waals surface area contributed by atoms with E-state index >= 15 is 0 Å². The summed E-state index contributed by atoms with van der Waals surface area (Å²) in [5.74, 6) is -0.0856. The van der Waals surface area contributed by atoms with Crippen molar-refractivity contribution in [3.8, 4) is 11.5 Å². The Bertz CT molecular complexity index is 421. The molecule has 0 saturated carbocycles. The summed E-state index contributed by atoms with van der Waals surface area (Å²) in [7, 11) is 0. The van der Waals surface area contributed by atoms with Crippen molar-refractivity contribution in [2.24, 2.45) is 5.10 Å². The molecule has 1 aromatic rings. The summed E-state index contributed by atoms with van der Waals surface area (Å²) in [6, 6.07) is 4.76. The number of ether oxygens (including phenoxy) is 1. The molecule has 0 atom stereocenters. The van der Waals surface area contributed by atoms with Crippen LogP contribution in [0.2, 0.25) is 0 Å². The maximum atomic E-state index is 10.8. The topological polar surface area (TPSA) is 70.9 Å². The third kappa shape index (κ3) is 4.32. The van der Waals surface area contributed by atoms with Gasteiger partial charge >= 0.3 is 0 Å². The van der Waals surface area contributed by atoms with E-state index in [9.17, 15) is 9.90 Å². The fourth-order valence-corrected chi connectivity index (χ4v) is 1.15. The molecule has 0 spiro atoms. The van der Waals surface area contributed by atoms with Gasteiger partial charge in [0.1, 0.15) is 5.88 Å². The fraction of sp³-hybridized carbons (Fsp3) is 0.273. The SMILES string of the molecule is CCOc1cc(C=NNC(=O)CCl)ccc1O. The Labute approximate surface area is 104 Å². The zero-order valence-corrected chi connectivity index (χ0v) is 10.1. The third-order valence-electron chi connectivity index (χ3n) is 1.81. The number of phenols is 1. The van der Waals surface area contributed by atoms with Gasteiger partial charge in [-0.1, -0.05) is 0 Å². The van der Waals surface area contributed by atoms with Crippen molar-refractivity contribution in [1.29, 1.82) is 0 Å². The number of hydrogen-bond acceptors (Lipinski definition) is 4. The highest BCUT2D eigenvalue weighted by Crippen LogP contribution is 2.25. The number of phenolic OH excluding ortho intramolecular Hbond substituents is 1. The monoisotopic (exact) mass is 256 g/mol. The van der Waals surface area contributed by atoms with Crippen LogP contribution in [-0.4, -0.2) is 29.7 Å². The van der Waals surface area contributed by atoms with Crippen LogP contribution in [0.4, 0.5) is 0 Å². The molecule has 92 valence electrons. The van der Waals surface area contributed by atoms with Gasteiger partial charge in [-0.25, -0.2) is 5.43 Å². The quantitative estimate of drug-likeness (QED) is 0.476. The van der Waals surface area contributed by atoms with Crippen molar-refractivity contribution in [3.05, 3.63) is 23.8 Å². The van der Waals surface area contributed by atoms with E-state index in [1.807, 2.05) is 6.92 Å². The number of rotatable bonds is 5. The maximum absolute atomic E-state index is 10.8. The summed E-state index contributed by atoms with van der Waals surface area (Å²) in [5.41, 5.74) is 2.94. The molecule has 0 aliphatic carbocycles. The Kier molecular flexibility index (Phi) is 5.29. The van der Waals surface area contributed by atoms with Gasteiger partial charge in [0.15, 0.2) is 11.5 Å². The van der Waals surface area contributed by atoms with Crippen LogP contribution in [0.5, 0.6) is 11.5 Å². The molecule has 5 nitrogen and oxygen atoms in total. The number of aromatic hydroxyl groups is 1. The van der Waals surface area contributed by atoms with Crippen LogP contribution in [-0.2, 0) is 4.79 Å². The van der Waals surface area contributed by atoms with E-state index in [0.717, 1.165) is 0 Å². The second-order valence-corrected chi connectivity index (χ2v) is 3.35. The van der Waals surface area contributed by atoms with Gasteiger partial charge in [0.25, 0.3) is 5.91 Å². The Hall–Kier alpha value is -1.75. The van der Waals surface area contributed by atoms with E-state index in [1.165, 1.54) is 12.3 Å². The highest BCUT2D eigenvalue weighted by molar-refractivity contribution is 6.27. The largest absolute Gasteiger partial charge is 0.504 e. The zero-order valence-electron chi connectivity index (χ0n) is 9.31. The minimum absolute atomic E-state index is 0.0637. The van der Waals surface area contributed by atoms with Crippen molar-refractivity contribution in [1.82, 2.24) is 5.43 Å². The first-order valence-corrected chi connectivity index (χ1v) is 5.54. The number of alkyl halides is 1. The minimum atomic E-state index is -0.383. The van der Waals surface area contributed by atoms with Gasteiger partial charge in [-0.2, -0.15) is 5.10 Å². The van der Waals surface area contributed by atoms with Crippen molar-refractivity contribution in [3.63, 3.8) is 0 Å². The molecule has 0 fully saturated rings. The average Bonchev–Trinajstić information content (AvgIpc) is 2.33. The fourth-order valence-electron chi connectivity index (χ4n) is 1.09. The van der Waals surface area contributed by atoms with E-state index in [4.69, 9.17) is 16.3 Å². The lowest BCUT2D eigenvalue weighted by molar-refractivity contribution is -0.118. The summed E-state index contributed by atoms with van der Waals surface area (Å²) < 4.78 is 5.21. The highest BCUT2D eigenvalue weighted by Gasteiger charge is 2.02. The molecule has 0 radical (unpaired) electrons. The maximum Gasteiger partial charge on any atom is 0.254 e. The van der Waals surface area contributed by atoms with Gasteiger partial charge in [-0.05, 0) is 30.7 Å². The van der Waals surface area contributed by atoms with Crippen LogP contribution in [0.25, 0.3) is 0 Å². The normalized spacial score (nSPS) is 10.5. The molecule has 1 aromatic carbocycles. The lowest BCUT2D eigenvalue weighted by atomic mass is 10.2. The molecule has 1 rings (SSSR count). The molecule has 0 aliphatic heterocycles. The number of nitrogens with zero attached hydrogens (tertiary/aromatic N) is 1. The number of hydrazone groups is 1. The molecule has 0 aliphatic rings. The Balaban J connectivity index is 2.71. The molecule has 2 N–H and O–H groups in total. The zero-order chi connectivity index (χ0) is 12.7. The molecular weight excluding hydrogens is 244 g/mol. The second kappa shape index (κ2) is 6.75. The molecule has 0 bridgehead atoms. The summed E-state index contributed by atoms with van der Waals surface area (Å²) in [6.45, 7) is 2.28. The smallest absolute Gasteiger partial charge is 0.254 e. The number of carbonyl (C=O) groups is 1. The van der Waals surface area contributed by atoms with Gasteiger partial charge < -0.3 is 9.84 Å². The second-order valence-electron chi connectivity index (χ2n) is 3.09. The minimum Gasteiger partial charge on any atom is -0.504 e. The summed E-state index contributed by atoms with van der Waals surface area (Å²) in [6.07, 6.45) is 1.44. The lowest BCUT2D eigenvalue weighted by Crippen LogP contribution is -2.18. The Morgan fingerprint density at radius 3 is 3.06 bits per heavy atom. The number of amides is 1. The van der Waals surface area contributed by atoms with Crippen molar-refractivity contribution in [2.45, 2.75) is 6.92 Å². The highest BCUT2D eigenvalue weighted by atomic mass is 35.5. The first-order valence-electron chi connectivity index (χ1n) is 5.01. The first-order chi connectivity index (χ1) is 8.17. The predicted molar refractivity (Wildman–Crippen MR) is 65.7 cm³/mol. The molecule has 17 heavy (non-hydrogen) atoms. The van der Waals surface area contributed by atoms with Crippen molar-refractivity contribution < 1.29 is 14.6 Å². The molecule has 0 aromatic heterocycles. The average molecular weight is 257 g/mol. The standard InChI is InChI=1S/C11H13ClN2O3/c1-2-17-10-5-8(3-4-9(10)15)7-13-14-11(16)6-12/h3-5,7,15H,2,6H2,1H3,(H,14,16). The summed E-state index contributed by atoms with van der Waals surface area (Å²) >= 11 is 5.28. The molecule has 0 saturated heterocycles. The third-order valence-corrected chi connectivity index (χ3v) is 2.05. The van der Waals surface area contributed by atoms with E-state index < -0.39 is 0 Å². The summed E-state index contributed by atoms with van der Waals surface area (Å²) in [5, 5.41) is 13.2. The lowest BCUT2D eigenvalue weighted by Gasteiger charge is -2.05. The number of halogens is 1. The number of carbonyl (C=O) groups excluding carboxylic acids is 1. The van der Waals surface area contributed by atoms with Crippen molar-refractivity contribution in [2.75, 3.05) is 12.5 Å². The molecule has 6 heteroatoms. The van der Waals surface area contributed by atoms with Crippen LogP contribution in [0.15, 0.2) is 23.3 Å². The van der Waals surface area contributed by atoms with E-state index in [2.05, 4.69) is 10.5 Å². The molecular formula is C11H13ClN2O3. The number of benzene rings is 1. The van der Waals surface area contributed by atoms with Gasteiger partial charge in [0.05, 0.1) is 12.8 Å². The van der Waals surface area contributed by atoms with Crippen LogP contribution in [0.1, 0.15) is 12.5 Å². The van der Waals surface area contributed by atoms with Crippen LogP contribution < -0.4 is 10.2 Å². The van der Waals surface area contributed by atoms with Crippen molar-refractivity contribution >= 4 is 23.7 Å². The van der Waals surface area contributed by atoms with E-state index in [1.54, 1.807) is 12.1 Å². The molecule has 1 amide bonds. The van der Waals surface area contributed by atoms with Crippen LogP contribution >= 0.6 is 11.6 Å². The van der Waals surface area contributed by atoms with Gasteiger partial charge in [-0.3, -0.25) is 4.79 Å². The van der Waals surface area contributed by atoms with Gasteiger partial charge in [0.2, 0.25) is 0 Å². The van der Waals surface area contributed by atoms with Crippen LogP contribution in [0.3, 0.4) is 0 Å². The van der Waals surface area contributed by atoms with E-state index in [-0.39, 0.29) is 17.5 Å². The Morgan fingerprint density at radius 2 is 2.41 bits per heavy atom. The number of hydrogen-bond donors (Lipinski definition) is 2. The summed E-state index contributed by atoms with van der Waals surface area (Å²) in [4.78, 5) is 10.8.